The van der Waals surface area contributed by atoms with Crippen LogP contribution >= 0.6 is 23.4 Å². The topological polar surface area (TPSA) is 20.2 Å². The summed E-state index contributed by atoms with van der Waals surface area (Å²) in [5.74, 6) is 0. The Balaban J connectivity index is 2.16. The van der Waals surface area contributed by atoms with Crippen molar-refractivity contribution in [3.63, 3.8) is 0 Å². The molecule has 0 radical (unpaired) electrons. The fraction of sp³-hybridized carbons (Fsp3) is 0.200. The third-order valence-electron chi connectivity index (χ3n) is 2.84. The molecule has 2 aromatic rings. The molecule has 0 fully saturated rings. The van der Waals surface area contributed by atoms with E-state index in [-0.39, 0.29) is 0 Å². The second-order valence-corrected chi connectivity index (χ2v) is 5.37. The minimum atomic E-state index is -0.477. The lowest BCUT2D eigenvalue weighted by atomic mass is 10.0. The van der Waals surface area contributed by atoms with E-state index in [0.29, 0.717) is 6.42 Å². The van der Waals surface area contributed by atoms with Gasteiger partial charge in [0.25, 0.3) is 0 Å². The molecule has 18 heavy (non-hydrogen) atoms. The van der Waals surface area contributed by atoms with Gasteiger partial charge in [0.1, 0.15) is 0 Å². The van der Waals surface area contributed by atoms with Gasteiger partial charge in [-0.15, -0.1) is 11.8 Å². The molecule has 0 aliphatic heterocycles. The number of hydrogen-bond acceptors (Lipinski definition) is 2. The van der Waals surface area contributed by atoms with Crippen LogP contribution in [0.3, 0.4) is 0 Å². The highest BCUT2D eigenvalue weighted by atomic mass is 35.5. The summed E-state index contributed by atoms with van der Waals surface area (Å²) in [5, 5.41) is 11.0. The maximum absolute atomic E-state index is 10.3. The van der Waals surface area contributed by atoms with Crippen LogP contribution in [0.4, 0.5) is 0 Å². The summed E-state index contributed by atoms with van der Waals surface area (Å²) in [7, 11) is 0. The van der Waals surface area contributed by atoms with Crippen LogP contribution in [0.5, 0.6) is 0 Å². The van der Waals surface area contributed by atoms with Gasteiger partial charge >= 0.3 is 0 Å². The van der Waals surface area contributed by atoms with Gasteiger partial charge in [-0.05, 0) is 35.6 Å². The summed E-state index contributed by atoms with van der Waals surface area (Å²) >= 11 is 7.50. The fourth-order valence-electron chi connectivity index (χ4n) is 1.90. The monoisotopic (exact) mass is 278 g/mol. The molecule has 0 saturated carbocycles. The van der Waals surface area contributed by atoms with Gasteiger partial charge in [0.15, 0.2) is 0 Å². The zero-order chi connectivity index (χ0) is 13.0. The smallest absolute Gasteiger partial charge is 0.0841 e. The van der Waals surface area contributed by atoms with Crippen molar-refractivity contribution in [3.05, 3.63) is 64.7 Å². The number of benzene rings is 2. The van der Waals surface area contributed by atoms with Crippen molar-refractivity contribution in [1.82, 2.24) is 0 Å². The number of aliphatic hydroxyl groups is 1. The van der Waals surface area contributed by atoms with E-state index in [9.17, 15) is 5.11 Å². The quantitative estimate of drug-likeness (QED) is 0.840. The number of thioether (sulfide) groups is 1. The third-order valence-corrected chi connectivity index (χ3v) is 3.90. The zero-order valence-corrected chi connectivity index (χ0v) is 11.7. The van der Waals surface area contributed by atoms with Gasteiger partial charge in [-0.2, -0.15) is 0 Å². The molecule has 2 aromatic carbocycles. The molecule has 1 unspecified atom stereocenters. The molecule has 0 saturated heterocycles. The number of rotatable bonds is 4. The Kier molecular flexibility index (Phi) is 4.70. The molecule has 94 valence electrons. The Morgan fingerprint density at radius 3 is 2.44 bits per heavy atom. The Hall–Kier alpha value is -0.960. The summed E-state index contributed by atoms with van der Waals surface area (Å²) < 4.78 is 0. The van der Waals surface area contributed by atoms with Crippen LogP contribution in [0.25, 0.3) is 0 Å². The second-order valence-electron chi connectivity index (χ2n) is 4.09. The van der Waals surface area contributed by atoms with E-state index < -0.39 is 6.10 Å². The van der Waals surface area contributed by atoms with E-state index in [4.69, 9.17) is 11.6 Å². The number of aliphatic hydroxyl groups excluding tert-OH is 1. The van der Waals surface area contributed by atoms with Crippen molar-refractivity contribution in [3.8, 4) is 0 Å². The average molecular weight is 279 g/mol. The lowest BCUT2D eigenvalue weighted by molar-refractivity contribution is 0.175. The lowest BCUT2D eigenvalue weighted by Gasteiger charge is -2.14. The molecule has 0 bridgehead atoms. The molecule has 0 aromatic heterocycles. The fourth-order valence-corrected chi connectivity index (χ4v) is 2.68. The predicted molar refractivity (Wildman–Crippen MR) is 78.3 cm³/mol. The highest BCUT2D eigenvalue weighted by molar-refractivity contribution is 7.98. The first kappa shape index (κ1) is 13.5. The summed E-state index contributed by atoms with van der Waals surface area (Å²) in [5.41, 5.74) is 2.07. The van der Waals surface area contributed by atoms with Crippen molar-refractivity contribution >= 4 is 23.4 Å². The Labute approximate surface area is 117 Å². The van der Waals surface area contributed by atoms with Gasteiger partial charge in [0.2, 0.25) is 0 Å². The molecular formula is C15H15ClOS. The van der Waals surface area contributed by atoms with E-state index >= 15 is 0 Å². The molecule has 0 aliphatic carbocycles. The summed E-state index contributed by atoms with van der Waals surface area (Å²) in [4.78, 5) is 1.12. The highest BCUT2D eigenvalue weighted by Gasteiger charge is 2.12. The second kappa shape index (κ2) is 6.28. The van der Waals surface area contributed by atoms with Crippen LogP contribution in [0, 0.1) is 0 Å². The van der Waals surface area contributed by atoms with E-state index in [2.05, 4.69) is 0 Å². The first-order valence-electron chi connectivity index (χ1n) is 5.76. The van der Waals surface area contributed by atoms with Crippen molar-refractivity contribution in [2.24, 2.45) is 0 Å². The SMILES string of the molecule is CSc1ccccc1C(O)Cc1ccc(Cl)cc1. The van der Waals surface area contributed by atoms with Gasteiger partial charge in [-0.1, -0.05) is 41.9 Å². The van der Waals surface area contributed by atoms with Crippen molar-refractivity contribution < 1.29 is 5.11 Å². The standard InChI is InChI=1S/C15H15ClOS/c1-18-15-5-3-2-4-13(15)14(17)10-11-6-8-12(16)9-7-11/h2-9,14,17H,10H2,1H3. The van der Waals surface area contributed by atoms with Crippen LogP contribution in [-0.2, 0) is 6.42 Å². The first-order chi connectivity index (χ1) is 8.70. The Morgan fingerprint density at radius 1 is 1.11 bits per heavy atom. The summed E-state index contributed by atoms with van der Waals surface area (Å²) in [6, 6.07) is 15.6. The molecule has 1 N–H and O–H groups in total. The summed E-state index contributed by atoms with van der Waals surface area (Å²) in [6.45, 7) is 0. The first-order valence-corrected chi connectivity index (χ1v) is 7.36. The van der Waals surface area contributed by atoms with E-state index in [1.807, 2.05) is 54.8 Å². The van der Waals surface area contributed by atoms with Crippen LogP contribution in [0.2, 0.25) is 5.02 Å². The lowest BCUT2D eigenvalue weighted by Crippen LogP contribution is -2.03. The molecule has 1 atom stereocenters. The minimum Gasteiger partial charge on any atom is -0.388 e. The largest absolute Gasteiger partial charge is 0.388 e. The van der Waals surface area contributed by atoms with Crippen LogP contribution < -0.4 is 0 Å². The third kappa shape index (κ3) is 3.29. The molecule has 0 heterocycles. The molecule has 3 heteroatoms. The van der Waals surface area contributed by atoms with Gasteiger partial charge in [-0.3, -0.25) is 0 Å². The molecule has 0 aliphatic rings. The van der Waals surface area contributed by atoms with Crippen LogP contribution in [0.15, 0.2) is 53.4 Å². The Bertz CT molecular complexity index is 510. The molecular weight excluding hydrogens is 264 g/mol. The van der Waals surface area contributed by atoms with E-state index in [1.165, 1.54) is 0 Å². The van der Waals surface area contributed by atoms with Crippen LogP contribution in [-0.4, -0.2) is 11.4 Å². The molecule has 0 amide bonds. The molecule has 2 rings (SSSR count). The zero-order valence-electron chi connectivity index (χ0n) is 10.1. The number of hydrogen-bond donors (Lipinski definition) is 1. The van der Waals surface area contributed by atoms with Crippen molar-refractivity contribution in [2.75, 3.05) is 6.26 Å². The van der Waals surface area contributed by atoms with Crippen LogP contribution in [0.1, 0.15) is 17.2 Å². The van der Waals surface area contributed by atoms with Gasteiger partial charge in [0.05, 0.1) is 6.10 Å². The maximum Gasteiger partial charge on any atom is 0.0841 e. The van der Waals surface area contributed by atoms with Gasteiger partial charge in [-0.25, -0.2) is 0 Å². The normalized spacial score (nSPS) is 12.4. The van der Waals surface area contributed by atoms with Crippen molar-refractivity contribution in [1.29, 1.82) is 0 Å². The Morgan fingerprint density at radius 2 is 1.78 bits per heavy atom. The number of halogens is 1. The van der Waals surface area contributed by atoms with Crippen molar-refractivity contribution in [2.45, 2.75) is 17.4 Å². The maximum atomic E-state index is 10.3. The predicted octanol–water partition coefficient (Wildman–Crippen LogP) is 4.34. The molecule has 0 spiro atoms. The van der Waals surface area contributed by atoms with E-state index in [1.54, 1.807) is 11.8 Å². The van der Waals surface area contributed by atoms with E-state index in [0.717, 1.165) is 21.0 Å². The highest BCUT2D eigenvalue weighted by Crippen LogP contribution is 2.28. The average Bonchev–Trinajstić information content (AvgIpc) is 2.41. The summed E-state index contributed by atoms with van der Waals surface area (Å²) in [6.07, 6.45) is 2.15. The van der Waals surface area contributed by atoms with Gasteiger partial charge < -0.3 is 5.11 Å². The minimum absolute atomic E-state index is 0.477. The molecule has 1 nitrogen and oxygen atoms in total. The van der Waals surface area contributed by atoms with Gasteiger partial charge in [0, 0.05) is 16.3 Å².